The minimum absolute atomic E-state index is 0.0381. The first-order valence-electron chi connectivity index (χ1n) is 10.6. The normalized spacial score (nSPS) is 17.2. The molecule has 1 fully saturated rings. The Kier molecular flexibility index (Phi) is 7.18. The van der Waals surface area contributed by atoms with Crippen LogP contribution in [0.2, 0.25) is 10.0 Å². The molecule has 1 saturated heterocycles. The van der Waals surface area contributed by atoms with E-state index in [1.54, 1.807) is 24.3 Å². The van der Waals surface area contributed by atoms with E-state index < -0.39 is 0 Å². The highest BCUT2D eigenvalue weighted by molar-refractivity contribution is 6.31. The molecule has 4 rings (SSSR count). The van der Waals surface area contributed by atoms with Crippen molar-refractivity contribution in [3.63, 3.8) is 0 Å². The Morgan fingerprint density at radius 3 is 2.24 bits per heavy atom. The average molecular weight is 477 g/mol. The summed E-state index contributed by atoms with van der Waals surface area (Å²) in [7, 11) is 0. The van der Waals surface area contributed by atoms with Crippen molar-refractivity contribution in [3.8, 4) is 12.1 Å². The van der Waals surface area contributed by atoms with E-state index in [1.807, 2.05) is 42.5 Å². The van der Waals surface area contributed by atoms with E-state index in [9.17, 15) is 10.4 Å². The van der Waals surface area contributed by atoms with Crippen LogP contribution in [0.3, 0.4) is 0 Å². The Bertz CT molecular complexity index is 1200. The molecule has 0 bridgehead atoms. The number of benzene rings is 3. The second-order valence-corrected chi connectivity index (χ2v) is 8.83. The van der Waals surface area contributed by atoms with Crippen molar-refractivity contribution in [3.05, 3.63) is 99.0 Å². The van der Waals surface area contributed by atoms with Crippen LogP contribution in [0.4, 0.5) is 5.69 Å². The van der Waals surface area contributed by atoms with Crippen LogP contribution in [-0.4, -0.2) is 36.2 Å². The summed E-state index contributed by atoms with van der Waals surface area (Å²) in [5.41, 5.74) is 3.98. The van der Waals surface area contributed by atoms with Gasteiger partial charge in [-0.15, -0.1) is 0 Å². The van der Waals surface area contributed by atoms with Gasteiger partial charge in [0.15, 0.2) is 0 Å². The number of piperazine rings is 1. The molecule has 0 amide bonds. The van der Waals surface area contributed by atoms with Crippen LogP contribution in [0, 0.1) is 22.7 Å². The van der Waals surface area contributed by atoms with E-state index in [0.717, 1.165) is 16.8 Å². The maximum absolute atomic E-state index is 10.3. The maximum Gasteiger partial charge on any atom is 0.101 e. The lowest BCUT2D eigenvalue weighted by Gasteiger charge is -2.46. The first-order valence-corrected chi connectivity index (χ1v) is 11.4. The SMILES string of the molecule is N#Cc1ccc([C@H](CO)N2CCN(c3ccc(Cl)cc3C#N)[C@H](c3ccc(Cl)cc3)C2)cc1. The zero-order valence-corrected chi connectivity index (χ0v) is 19.3. The van der Waals surface area contributed by atoms with Gasteiger partial charge in [0.05, 0.1) is 41.6 Å². The second kappa shape index (κ2) is 10.3. The predicted molar refractivity (Wildman–Crippen MR) is 130 cm³/mol. The number of nitrogens with zero attached hydrogens (tertiary/aromatic N) is 4. The fraction of sp³-hybridized carbons (Fsp3) is 0.231. The van der Waals surface area contributed by atoms with E-state index in [-0.39, 0.29) is 18.7 Å². The van der Waals surface area contributed by atoms with Crippen molar-refractivity contribution in [1.29, 1.82) is 10.5 Å². The third-order valence-corrected chi connectivity index (χ3v) is 6.58. The molecule has 3 aromatic carbocycles. The fourth-order valence-corrected chi connectivity index (χ4v) is 4.70. The third kappa shape index (κ3) is 4.98. The van der Waals surface area contributed by atoms with Crippen molar-refractivity contribution in [2.75, 3.05) is 31.1 Å². The average Bonchev–Trinajstić information content (AvgIpc) is 2.85. The first kappa shape index (κ1) is 23.1. The summed E-state index contributed by atoms with van der Waals surface area (Å²) in [4.78, 5) is 4.47. The summed E-state index contributed by atoms with van der Waals surface area (Å²) in [6.07, 6.45) is 0. The van der Waals surface area contributed by atoms with Crippen molar-refractivity contribution >= 4 is 28.9 Å². The minimum Gasteiger partial charge on any atom is -0.394 e. The number of nitriles is 2. The quantitative estimate of drug-likeness (QED) is 0.538. The van der Waals surface area contributed by atoms with Crippen LogP contribution in [0.1, 0.15) is 34.3 Å². The van der Waals surface area contributed by atoms with E-state index >= 15 is 0 Å². The van der Waals surface area contributed by atoms with Gasteiger partial charge < -0.3 is 10.0 Å². The lowest BCUT2D eigenvalue weighted by Crippen LogP contribution is -2.50. The van der Waals surface area contributed by atoms with E-state index in [1.165, 1.54) is 0 Å². The minimum atomic E-state index is -0.199. The Labute approximate surface area is 203 Å². The van der Waals surface area contributed by atoms with E-state index in [0.29, 0.717) is 40.8 Å². The van der Waals surface area contributed by atoms with Gasteiger partial charge in [0.25, 0.3) is 0 Å². The van der Waals surface area contributed by atoms with E-state index in [2.05, 4.69) is 21.9 Å². The molecule has 33 heavy (non-hydrogen) atoms. The van der Waals surface area contributed by atoms with Gasteiger partial charge in [-0.2, -0.15) is 10.5 Å². The Morgan fingerprint density at radius 1 is 0.909 bits per heavy atom. The summed E-state index contributed by atoms with van der Waals surface area (Å²) in [5, 5.41) is 30.2. The molecule has 0 spiro atoms. The molecule has 2 atom stereocenters. The third-order valence-electron chi connectivity index (χ3n) is 6.09. The molecule has 1 aliphatic rings. The smallest absolute Gasteiger partial charge is 0.101 e. The van der Waals surface area contributed by atoms with Crippen LogP contribution in [0.5, 0.6) is 0 Å². The predicted octanol–water partition coefficient (Wildman–Crippen LogP) is 5.33. The van der Waals surface area contributed by atoms with Gasteiger partial charge in [-0.1, -0.05) is 47.5 Å². The molecule has 0 aromatic heterocycles. The number of hydrogen-bond acceptors (Lipinski definition) is 5. The van der Waals surface area contributed by atoms with Gasteiger partial charge in [0.2, 0.25) is 0 Å². The van der Waals surface area contributed by atoms with Crippen molar-refractivity contribution < 1.29 is 5.11 Å². The topological polar surface area (TPSA) is 74.3 Å². The monoisotopic (exact) mass is 476 g/mol. The highest BCUT2D eigenvalue weighted by Crippen LogP contribution is 2.36. The Hall–Kier alpha value is -3.06. The van der Waals surface area contributed by atoms with Gasteiger partial charge in [0, 0.05) is 29.7 Å². The highest BCUT2D eigenvalue weighted by Gasteiger charge is 2.33. The molecule has 7 heteroatoms. The van der Waals surface area contributed by atoms with Crippen LogP contribution in [0.15, 0.2) is 66.7 Å². The molecule has 1 aliphatic heterocycles. The number of aliphatic hydroxyl groups is 1. The summed E-state index contributed by atoms with van der Waals surface area (Å²) >= 11 is 12.3. The molecule has 0 saturated carbocycles. The lowest BCUT2D eigenvalue weighted by atomic mass is 9.97. The lowest BCUT2D eigenvalue weighted by molar-refractivity contribution is 0.103. The zero-order chi connectivity index (χ0) is 23.4. The Morgan fingerprint density at radius 2 is 1.61 bits per heavy atom. The van der Waals surface area contributed by atoms with Gasteiger partial charge in [0.1, 0.15) is 6.07 Å². The number of anilines is 1. The fourth-order valence-electron chi connectivity index (χ4n) is 4.41. The van der Waals surface area contributed by atoms with Gasteiger partial charge in [-0.3, -0.25) is 4.90 Å². The standard InChI is InChI=1S/C26H22Cl2N4O/c27-22-7-5-19(6-8-22)25-16-31(26(17-33)20-3-1-18(14-29)2-4-20)11-12-32(25)24-10-9-23(28)13-21(24)15-30/h1-10,13,25-26,33H,11-12,16-17H2/t25-,26-/m0/s1. The summed E-state index contributed by atoms with van der Waals surface area (Å²) in [5.74, 6) is 0. The molecular weight excluding hydrogens is 455 g/mol. The summed E-state index contributed by atoms with van der Waals surface area (Å²) in [6.45, 7) is 1.96. The van der Waals surface area contributed by atoms with Crippen LogP contribution < -0.4 is 4.90 Å². The second-order valence-electron chi connectivity index (χ2n) is 7.96. The van der Waals surface area contributed by atoms with Gasteiger partial charge >= 0.3 is 0 Å². The summed E-state index contributed by atoms with van der Waals surface area (Å²) < 4.78 is 0. The molecular formula is C26H22Cl2N4O. The molecule has 3 aromatic rings. The van der Waals surface area contributed by atoms with Crippen molar-refractivity contribution in [2.45, 2.75) is 12.1 Å². The van der Waals surface area contributed by atoms with Crippen molar-refractivity contribution in [1.82, 2.24) is 4.90 Å². The van der Waals surface area contributed by atoms with Crippen LogP contribution in [0.25, 0.3) is 0 Å². The molecule has 1 heterocycles. The molecule has 1 N–H and O–H groups in total. The molecule has 0 aliphatic carbocycles. The largest absolute Gasteiger partial charge is 0.394 e. The highest BCUT2D eigenvalue weighted by atomic mass is 35.5. The van der Waals surface area contributed by atoms with Gasteiger partial charge in [-0.25, -0.2) is 0 Å². The number of hydrogen-bond donors (Lipinski definition) is 1. The Balaban J connectivity index is 1.69. The zero-order valence-electron chi connectivity index (χ0n) is 17.8. The summed E-state index contributed by atoms with van der Waals surface area (Å²) in [6, 6.07) is 24.6. The number of aliphatic hydroxyl groups excluding tert-OH is 1. The maximum atomic E-state index is 10.3. The number of halogens is 2. The number of rotatable bonds is 5. The first-order chi connectivity index (χ1) is 16.0. The van der Waals surface area contributed by atoms with Gasteiger partial charge in [-0.05, 0) is 53.6 Å². The van der Waals surface area contributed by atoms with Crippen molar-refractivity contribution in [2.24, 2.45) is 0 Å². The molecule has 0 unspecified atom stereocenters. The molecule has 5 nitrogen and oxygen atoms in total. The van der Waals surface area contributed by atoms with Crippen LogP contribution >= 0.6 is 23.2 Å². The molecule has 0 radical (unpaired) electrons. The molecule has 166 valence electrons. The van der Waals surface area contributed by atoms with Crippen LogP contribution in [-0.2, 0) is 0 Å². The van der Waals surface area contributed by atoms with E-state index in [4.69, 9.17) is 28.5 Å².